The molecule has 1 heterocycles. The van der Waals surface area contributed by atoms with Crippen LogP contribution >= 0.6 is 23.3 Å². The van der Waals surface area contributed by atoms with E-state index in [9.17, 15) is 4.79 Å². The quantitative estimate of drug-likeness (QED) is 0.831. The molecule has 1 rings (SSSR count). The number of ether oxygens (including phenoxy) is 1. The number of thioether (sulfide) groups is 1. The van der Waals surface area contributed by atoms with E-state index in [0.717, 1.165) is 10.7 Å². The van der Waals surface area contributed by atoms with Crippen molar-refractivity contribution in [2.24, 2.45) is 0 Å². The van der Waals surface area contributed by atoms with E-state index >= 15 is 0 Å². The van der Waals surface area contributed by atoms with Crippen LogP contribution in [0, 0.1) is 0 Å². The lowest BCUT2D eigenvalue weighted by molar-refractivity contribution is -0.151. The van der Waals surface area contributed by atoms with Gasteiger partial charge in [-0.25, -0.2) is 0 Å². The standard InChI is InChI=1S/C10H17N3O2S2/c1-10(2,3)15-8(14)6-16-5-7-9(11-4)17-13-12-7/h11H,5-6H2,1-4H3. The maximum Gasteiger partial charge on any atom is 0.316 e. The van der Waals surface area contributed by atoms with Crippen molar-refractivity contribution in [3.8, 4) is 0 Å². The molecule has 0 amide bonds. The van der Waals surface area contributed by atoms with Gasteiger partial charge in [0, 0.05) is 24.3 Å². The van der Waals surface area contributed by atoms with E-state index in [1.54, 1.807) is 0 Å². The van der Waals surface area contributed by atoms with Gasteiger partial charge in [-0.15, -0.1) is 16.9 Å². The van der Waals surface area contributed by atoms with Crippen molar-refractivity contribution in [1.82, 2.24) is 9.59 Å². The molecule has 0 aliphatic rings. The van der Waals surface area contributed by atoms with E-state index < -0.39 is 5.60 Å². The molecule has 1 N–H and O–H groups in total. The van der Waals surface area contributed by atoms with Gasteiger partial charge in [-0.3, -0.25) is 4.79 Å². The summed E-state index contributed by atoms with van der Waals surface area (Å²) in [5.74, 6) is 0.792. The zero-order valence-corrected chi connectivity index (χ0v) is 12.1. The third-order valence-corrected chi connectivity index (χ3v) is 3.36. The van der Waals surface area contributed by atoms with Crippen molar-refractivity contribution in [3.05, 3.63) is 5.69 Å². The van der Waals surface area contributed by atoms with Crippen LogP contribution in [0.2, 0.25) is 0 Å². The highest BCUT2D eigenvalue weighted by molar-refractivity contribution is 7.99. The van der Waals surface area contributed by atoms with Crippen LogP contribution in [0.15, 0.2) is 0 Å². The van der Waals surface area contributed by atoms with Crippen LogP contribution in [-0.4, -0.2) is 34.0 Å². The van der Waals surface area contributed by atoms with Crippen LogP contribution in [0.3, 0.4) is 0 Å². The lowest BCUT2D eigenvalue weighted by atomic mass is 10.2. The zero-order chi connectivity index (χ0) is 12.9. The van der Waals surface area contributed by atoms with Crippen LogP contribution < -0.4 is 5.32 Å². The Kier molecular flexibility index (Phi) is 5.20. The Morgan fingerprint density at radius 3 is 2.82 bits per heavy atom. The number of anilines is 1. The average Bonchev–Trinajstić information content (AvgIpc) is 2.62. The third-order valence-electron chi connectivity index (χ3n) is 1.66. The van der Waals surface area contributed by atoms with Gasteiger partial charge in [-0.2, -0.15) is 0 Å². The molecule has 96 valence electrons. The number of aromatic nitrogens is 2. The number of carbonyl (C=O) groups is 1. The molecule has 0 saturated heterocycles. The van der Waals surface area contributed by atoms with Crippen LogP contribution in [0.25, 0.3) is 0 Å². The number of nitrogens with zero attached hydrogens (tertiary/aromatic N) is 2. The molecular weight excluding hydrogens is 258 g/mol. The molecule has 0 saturated carbocycles. The summed E-state index contributed by atoms with van der Waals surface area (Å²) in [6.45, 7) is 5.58. The van der Waals surface area contributed by atoms with Gasteiger partial charge in [-0.05, 0) is 20.8 Å². The predicted octanol–water partition coefficient (Wildman–Crippen LogP) is 2.15. The molecular formula is C10H17N3O2S2. The molecule has 0 fully saturated rings. The number of rotatable bonds is 5. The van der Waals surface area contributed by atoms with Crippen LogP contribution in [-0.2, 0) is 15.3 Å². The van der Waals surface area contributed by atoms with Gasteiger partial charge in [0.25, 0.3) is 0 Å². The minimum atomic E-state index is -0.421. The molecule has 0 aliphatic carbocycles. The van der Waals surface area contributed by atoms with Crippen LogP contribution in [0.4, 0.5) is 5.00 Å². The Labute approximate surface area is 109 Å². The smallest absolute Gasteiger partial charge is 0.316 e. The molecule has 0 radical (unpaired) electrons. The number of hydrogen-bond donors (Lipinski definition) is 1. The van der Waals surface area contributed by atoms with Gasteiger partial charge in [-0.1, -0.05) is 4.49 Å². The van der Waals surface area contributed by atoms with Crippen molar-refractivity contribution in [1.29, 1.82) is 0 Å². The number of esters is 1. The molecule has 0 bridgehead atoms. The second kappa shape index (κ2) is 6.20. The SMILES string of the molecule is CNc1snnc1CSCC(=O)OC(C)(C)C. The fraction of sp³-hybridized carbons (Fsp3) is 0.700. The Morgan fingerprint density at radius 1 is 1.53 bits per heavy atom. The van der Waals surface area contributed by atoms with Crippen LogP contribution in [0.5, 0.6) is 0 Å². The molecule has 17 heavy (non-hydrogen) atoms. The van der Waals surface area contributed by atoms with Crippen molar-refractivity contribution in [2.75, 3.05) is 18.1 Å². The average molecular weight is 275 g/mol. The number of carbonyl (C=O) groups excluding carboxylic acids is 1. The predicted molar refractivity (Wildman–Crippen MR) is 71.5 cm³/mol. The number of nitrogens with one attached hydrogen (secondary N) is 1. The van der Waals surface area contributed by atoms with E-state index in [0.29, 0.717) is 11.5 Å². The van der Waals surface area contributed by atoms with E-state index in [-0.39, 0.29) is 5.97 Å². The summed E-state index contributed by atoms with van der Waals surface area (Å²) in [6, 6.07) is 0. The highest BCUT2D eigenvalue weighted by Gasteiger charge is 2.16. The van der Waals surface area contributed by atoms with Gasteiger partial charge < -0.3 is 10.1 Å². The highest BCUT2D eigenvalue weighted by Crippen LogP contribution is 2.22. The zero-order valence-electron chi connectivity index (χ0n) is 10.4. The summed E-state index contributed by atoms with van der Waals surface area (Å²) in [7, 11) is 1.83. The summed E-state index contributed by atoms with van der Waals surface area (Å²) in [6.07, 6.45) is 0. The molecule has 5 nitrogen and oxygen atoms in total. The highest BCUT2D eigenvalue weighted by atomic mass is 32.2. The molecule has 0 aromatic carbocycles. The monoisotopic (exact) mass is 275 g/mol. The second-order valence-electron chi connectivity index (χ2n) is 4.38. The first-order chi connectivity index (χ1) is 7.92. The normalized spacial score (nSPS) is 11.3. The Hall–Kier alpha value is -0.820. The molecule has 0 aliphatic heterocycles. The molecule has 1 aromatic heterocycles. The van der Waals surface area contributed by atoms with Gasteiger partial charge in [0.2, 0.25) is 0 Å². The Balaban J connectivity index is 2.31. The van der Waals surface area contributed by atoms with Crippen LogP contribution in [0.1, 0.15) is 26.5 Å². The lowest BCUT2D eigenvalue weighted by Crippen LogP contribution is -2.24. The Bertz CT molecular complexity index is 374. The first-order valence-electron chi connectivity index (χ1n) is 5.21. The van der Waals surface area contributed by atoms with Crippen molar-refractivity contribution in [3.63, 3.8) is 0 Å². The number of hydrogen-bond acceptors (Lipinski definition) is 7. The Morgan fingerprint density at radius 2 is 2.24 bits per heavy atom. The van der Waals surface area contributed by atoms with Crippen molar-refractivity contribution in [2.45, 2.75) is 32.1 Å². The second-order valence-corrected chi connectivity index (χ2v) is 6.12. The maximum atomic E-state index is 11.4. The summed E-state index contributed by atoms with van der Waals surface area (Å²) < 4.78 is 9.05. The molecule has 1 aromatic rings. The first kappa shape index (κ1) is 14.2. The summed E-state index contributed by atoms with van der Waals surface area (Å²) in [5.41, 5.74) is 0.460. The van der Waals surface area contributed by atoms with Gasteiger partial charge >= 0.3 is 5.97 Å². The minimum Gasteiger partial charge on any atom is -0.459 e. The van der Waals surface area contributed by atoms with Crippen molar-refractivity contribution < 1.29 is 9.53 Å². The molecule has 0 unspecified atom stereocenters. The fourth-order valence-corrected chi connectivity index (χ4v) is 2.44. The first-order valence-corrected chi connectivity index (χ1v) is 7.14. The molecule has 0 spiro atoms. The summed E-state index contributed by atoms with van der Waals surface area (Å²) in [5, 5.41) is 7.95. The van der Waals surface area contributed by atoms with E-state index in [1.165, 1.54) is 23.3 Å². The van der Waals surface area contributed by atoms with Gasteiger partial charge in [0.15, 0.2) is 0 Å². The van der Waals surface area contributed by atoms with Gasteiger partial charge in [0.05, 0.1) is 5.75 Å². The third kappa shape index (κ3) is 5.36. The minimum absolute atomic E-state index is 0.198. The topological polar surface area (TPSA) is 64.1 Å². The fourth-order valence-electron chi connectivity index (χ4n) is 1.09. The molecule has 7 heteroatoms. The van der Waals surface area contributed by atoms with E-state index in [1.807, 2.05) is 27.8 Å². The van der Waals surface area contributed by atoms with E-state index in [4.69, 9.17) is 4.74 Å². The summed E-state index contributed by atoms with van der Waals surface area (Å²) in [4.78, 5) is 11.4. The summed E-state index contributed by atoms with van der Waals surface area (Å²) >= 11 is 2.80. The van der Waals surface area contributed by atoms with E-state index in [2.05, 4.69) is 14.9 Å². The van der Waals surface area contributed by atoms with Crippen molar-refractivity contribution >= 4 is 34.3 Å². The maximum absolute atomic E-state index is 11.4. The molecule has 0 atom stereocenters. The van der Waals surface area contributed by atoms with Gasteiger partial charge in [0.1, 0.15) is 16.3 Å². The largest absolute Gasteiger partial charge is 0.459 e. The lowest BCUT2D eigenvalue weighted by Gasteiger charge is -2.19.